The van der Waals surface area contributed by atoms with Crippen molar-refractivity contribution in [3.63, 3.8) is 0 Å². The van der Waals surface area contributed by atoms with Gasteiger partial charge in [0, 0.05) is 5.56 Å². The number of carbonyl (C=O) groups is 1. The maximum absolute atomic E-state index is 13.3. The highest BCUT2D eigenvalue weighted by molar-refractivity contribution is 9.11. The Bertz CT molecular complexity index is 1150. The lowest BCUT2D eigenvalue weighted by Gasteiger charge is -2.11. The summed E-state index contributed by atoms with van der Waals surface area (Å²) >= 11 is 6.98. The van der Waals surface area contributed by atoms with E-state index in [0.29, 0.717) is 14.7 Å². The van der Waals surface area contributed by atoms with Gasteiger partial charge in [0.05, 0.1) is 8.95 Å². The molecule has 3 aromatic carbocycles. The number of hydrogen-bond acceptors (Lipinski definition) is 4. The molecule has 0 saturated carbocycles. The van der Waals surface area contributed by atoms with Crippen molar-refractivity contribution in [3.8, 4) is 5.75 Å². The number of halogens is 3. The number of hydrogen-bond donors (Lipinski definition) is 0. The minimum Gasteiger partial charge on any atom is -0.487 e. The third-order valence-electron chi connectivity index (χ3n) is 4.24. The molecule has 30 heavy (non-hydrogen) atoms. The molecule has 0 unspecified atom stereocenters. The normalized spacial score (nSPS) is 14.6. The van der Waals surface area contributed by atoms with Crippen molar-refractivity contribution in [1.29, 1.82) is 0 Å². The van der Waals surface area contributed by atoms with Crippen LogP contribution >= 0.6 is 31.9 Å². The monoisotopic (exact) mass is 529 g/mol. The van der Waals surface area contributed by atoms with E-state index in [1.165, 1.54) is 12.1 Å². The number of aliphatic imine (C=N–C) groups is 1. The first-order chi connectivity index (χ1) is 14.5. The second-order valence-corrected chi connectivity index (χ2v) is 8.14. The van der Waals surface area contributed by atoms with Gasteiger partial charge in [-0.3, -0.25) is 0 Å². The molecule has 0 amide bonds. The molecule has 0 N–H and O–H groups in total. The van der Waals surface area contributed by atoms with Gasteiger partial charge in [0.25, 0.3) is 0 Å². The first kappa shape index (κ1) is 20.5. The molecule has 150 valence electrons. The molecule has 1 heterocycles. The lowest BCUT2D eigenvalue weighted by Crippen LogP contribution is -2.04. The van der Waals surface area contributed by atoms with E-state index in [4.69, 9.17) is 9.47 Å². The van der Waals surface area contributed by atoms with Crippen molar-refractivity contribution in [3.05, 3.63) is 104 Å². The smallest absolute Gasteiger partial charge is 0.363 e. The summed E-state index contributed by atoms with van der Waals surface area (Å²) in [6.45, 7) is 0.215. The molecule has 3 aromatic rings. The van der Waals surface area contributed by atoms with Crippen LogP contribution in [0.4, 0.5) is 4.39 Å². The predicted molar refractivity (Wildman–Crippen MR) is 120 cm³/mol. The Balaban J connectivity index is 1.55. The van der Waals surface area contributed by atoms with Crippen LogP contribution in [0, 0.1) is 5.82 Å². The van der Waals surface area contributed by atoms with E-state index in [1.807, 2.05) is 42.5 Å². The van der Waals surface area contributed by atoms with E-state index in [-0.39, 0.29) is 24.0 Å². The fourth-order valence-electron chi connectivity index (χ4n) is 2.85. The van der Waals surface area contributed by atoms with E-state index >= 15 is 0 Å². The van der Waals surface area contributed by atoms with Gasteiger partial charge in [-0.05, 0) is 85.5 Å². The van der Waals surface area contributed by atoms with E-state index in [9.17, 15) is 9.18 Å². The summed E-state index contributed by atoms with van der Waals surface area (Å²) in [5, 5.41) is 0. The lowest BCUT2D eigenvalue weighted by atomic mass is 10.2. The van der Waals surface area contributed by atoms with Gasteiger partial charge in [0.1, 0.15) is 18.2 Å². The maximum atomic E-state index is 13.3. The Kier molecular flexibility index (Phi) is 6.11. The zero-order valence-electron chi connectivity index (χ0n) is 15.4. The number of ether oxygens (including phenoxy) is 2. The largest absolute Gasteiger partial charge is 0.487 e. The number of benzene rings is 3. The SMILES string of the molecule is O=C1OC(c2ccccc2)=N/C1=C\c1cc(Br)c(OCc2cccc(F)c2)c(Br)c1. The van der Waals surface area contributed by atoms with Crippen molar-refractivity contribution in [2.45, 2.75) is 6.61 Å². The molecular weight excluding hydrogens is 517 g/mol. The van der Waals surface area contributed by atoms with Gasteiger partial charge < -0.3 is 9.47 Å². The molecule has 0 atom stereocenters. The number of esters is 1. The van der Waals surface area contributed by atoms with Crippen molar-refractivity contribution in [1.82, 2.24) is 0 Å². The predicted octanol–water partition coefficient (Wildman–Crippen LogP) is 6.27. The molecule has 4 nitrogen and oxygen atoms in total. The number of nitrogens with zero attached hydrogens (tertiary/aromatic N) is 1. The van der Waals surface area contributed by atoms with Gasteiger partial charge in [-0.25, -0.2) is 14.2 Å². The molecule has 4 rings (SSSR count). The van der Waals surface area contributed by atoms with Crippen LogP contribution in [-0.2, 0) is 16.1 Å². The molecule has 0 saturated heterocycles. The Morgan fingerprint density at radius 1 is 1.00 bits per heavy atom. The van der Waals surface area contributed by atoms with Gasteiger partial charge in [-0.1, -0.05) is 30.3 Å². The Morgan fingerprint density at radius 3 is 2.43 bits per heavy atom. The number of carbonyl (C=O) groups excluding carboxylic acids is 1. The van der Waals surface area contributed by atoms with Crippen molar-refractivity contribution in [2.24, 2.45) is 4.99 Å². The van der Waals surface area contributed by atoms with Gasteiger partial charge in [0.2, 0.25) is 5.90 Å². The zero-order chi connectivity index (χ0) is 21.1. The summed E-state index contributed by atoms with van der Waals surface area (Å²) < 4.78 is 25.8. The summed E-state index contributed by atoms with van der Waals surface area (Å²) in [4.78, 5) is 16.5. The highest BCUT2D eigenvalue weighted by Crippen LogP contribution is 2.36. The van der Waals surface area contributed by atoms with Crippen LogP contribution in [0.2, 0.25) is 0 Å². The summed E-state index contributed by atoms with van der Waals surface area (Å²) in [5.41, 5.74) is 2.40. The quantitative estimate of drug-likeness (QED) is 0.288. The molecule has 7 heteroatoms. The average molecular weight is 531 g/mol. The maximum Gasteiger partial charge on any atom is 0.363 e. The molecule has 1 aliphatic rings. The molecule has 0 spiro atoms. The molecule has 0 radical (unpaired) electrons. The Hall–Kier alpha value is -2.77. The lowest BCUT2D eigenvalue weighted by molar-refractivity contribution is -0.129. The number of cyclic esters (lactones) is 1. The van der Waals surface area contributed by atoms with E-state index in [0.717, 1.165) is 16.7 Å². The zero-order valence-corrected chi connectivity index (χ0v) is 18.6. The fourth-order valence-corrected chi connectivity index (χ4v) is 4.30. The average Bonchev–Trinajstić information content (AvgIpc) is 3.08. The van der Waals surface area contributed by atoms with Crippen LogP contribution in [-0.4, -0.2) is 11.9 Å². The summed E-state index contributed by atoms with van der Waals surface area (Å²) in [5.74, 6) is 0.0338. The van der Waals surface area contributed by atoms with E-state index in [1.54, 1.807) is 18.2 Å². The van der Waals surface area contributed by atoms with E-state index in [2.05, 4.69) is 36.9 Å². The minimum atomic E-state index is -0.507. The first-order valence-electron chi connectivity index (χ1n) is 8.94. The van der Waals surface area contributed by atoms with Crippen LogP contribution in [0.5, 0.6) is 5.75 Å². The third kappa shape index (κ3) is 4.68. The van der Waals surface area contributed by atoms with Gasteiger partial charge >= 0.3 is 5.97 Å². The molecule has 1 aliphatic heterocycles. The van der Waals surface area contributed by atoms with Crippen LogP contribution in [0.1, 0.15) is 16.7 Å². The van der Waals surface area contributed by atoms with Crippen LogP contribution < -0.4 is 4.74 Å². The second kappa shape index (κ2) is 8.93. The van der Waals surface area contributed by atoms with Gasteiger partial charge in [-0.15, -0.1) is 0 Å². The Morgan fingerprint density at radius 2 is 1.73 bits per heavy atom. The molecule has 0 aliphatic carbocycles. The molecule has 0 bridgehead atoms. The first-order valence-corrected chi connectivity index (χ1v) is 10.5. The standard InChI is InChI=1S/C23H14Br2FNO3/c24-18-10-15(11-19(25)21(18)29-13-14-5-4-8-17(26)9-14)12-20-23(28)30-22(27-20)16-6-2-1-3-7-16/h1-12H,13H2/b20-12-. The fraction of sp³-hybridized carbons (Fsp3) is 0.0435. The molecular formula is C23H14Br2FNO3. The number of rotatable bonds is 5. The second-order valence-electron chi connectivity index (χ2n) is 6.43. The van der Waals surface area contributed by atoms with Crippen molar-refractivity contribution >= 4 is 49.8 Å². The minimum absolute atomic E-state index is 0.209. The van der Waals surface area contributed by atoms with Crippen LogP contribution in [0.3, 0.4) is 0 Å². The third-order valence-corrected chi connectivity index (χ3v) is 5.42. The van der Waals surface area contributed by atoms with Gasteiger partial charge in [-0.2, -0.15) is 0 Å². The van der Waals surface area contributed by atoms with Crippen LogP contribution in [0.25, 0.3) is 6.08 Å². The topological polar surface area (TPSA) is 47.9 Å². The van der Waals surface area contributed by atoms with Gasteiger partial charge in [0.15, 0.2) is 5.70 Å². The molecule has 0 aromatic heterocycles. The van der Waals surface area contributed by atoms with Crippen LogP contribution in [0.15, 0.2) is 86.4 Å². The van der Waals surface area contributed by atoms with Crippen molar-refractivity contribution in [2.75, 3.05) is 0 Å². The van der Waals surface area contributed by atoms with E-state index < -0.39 is 5.97 Å². The summed E-state index contributed by atoms with van der Waals surface area (Å²) in [7, 11) is 0. The van der Waals surface area contributed by atoms with Crippen molar-refractivity contribution < 1.29 is 18.7 Å². The highest BCUT2D eigenvalue weighted by atomic mass is 79.9. The summed E-state index contributed by atoms with van der Waals surface area (Å²) in [6.07, 6.45) is 1.64. The highest BCUT2D eigenvalue weighted by Gasteiger charge is 2.24. The molecule has 0 fully saturated rings. The summed E-state index contributed by atoms with van der Waals surface area (Å²) in [6, 6.07) is 19.1. The Labute approximate surface area is 189 Å².